The van der Waals surface area contributed by atoms with Crippen LogP contribution in [0.5, 0.6) is 0 Å². The maximum Gasteiger partial charge on any atom is 0.108 e. The van der Waals surface area contributed by atoms with Gasteiger partial charge in [-0.1, -0.05) is 6.92 Å². The van der Waals surface area contributed by atoms with Gasteiger partial charge in [0.05, 0.1) is 6.61 Å². The Labute approximate surface area is 68.7 Å². The smallest absolute Gasteiger partial charge is 0.108 e. The molecule has 1 N–H and O–H groups in total. The maximum atomic E-state index is 5.41. The van der Waals surface area contributed by atoms with Gasteiger partial charge in [0.25, 0.3) is 0 Å². The molecule has 0 aromatic rings. The molecule has 1 aliphatic heterocycles. The van der Waals surface area contributed by atoms with E-state index in [-0.39, 0.29) is 17.9 Å². The first-order valence-electron chi connectivity index (χ1n) is 3.53. The summed E-state index contributed by atoms with van der Waals surface area (Å²) in [5, 5.41) is 3.36. The zero-order chi connectivity index (χ0) is 6.91. The fourth-order valence-corrected chi connectivity index (χ4v) is 1.05. The summed E-state index contributed by atoms with van der Waals surface area (Å²) >= 11 is 0. The van der Waals surface area contributed by atoms with Gasteiger partial charge in [-0.05, 0) is 20.3 Å². The summed E-state index contributed by atoms with van der Waals surface area (Å²) in [5.74, 6) is 0. The van der Waals surface area contributed by atoms with Crippen molar-refractivity contribution in [1.29, 1.82) is 0 Å². The molecule has 0 aromatic carbocycles. The van der Waals surface area contributed by atoms with E-state index < -0.39 is 0 Å². The van der Waals surface area contributed by atoms with Crippen molar-refractivity contribution >= 4 is 12.4 Å². The summed E-state index contributed by atoms with van der Waals surface area (Å²) < 4.78 is 5.41. The third-order valence-corrected chi connectivity index (χ3v) is 1.57. The van der Waals surface area contributed by atoms with Crippen molar-refractivity contribution < 1.29 is 4.74 Å². The van der Waals surface area contributed by atoms with Crippen molar-refractivity contribution in [3.05, 3.63) is 0 Å². The highest BCUT2D eigenvalue weighted by Crippen LogP contribution is 2.14. The quantitative estimate of drug-likeness (QED) is 0.637. The van der Waals surface area contributed by atoms with Crippen molar-refractivity contribution in [3.63, 3.8) is 0 Å². The number of rotatable bonds is 1. The summed E-state index contributed by atoms with van der Waals surface area (Å²) in [7, 11) is 0. The predicted molar refractivity (Wildman–Crippen MR) is 44.5 cm³/mol. The third kappa shape index (κ3) is 2.45. The fraction of sp³-hybridized carbons (Fsp3) is 1.00. The SMILES string of the molecule is CCC1NC(C)(C)CO1.Cl. The van der Waals surface area contributed by atoms with Gasteiger partial charge < -0.3 is 4.74 Å². The lowest BCUT2D eigenvalue weighted by Crippen LogP contribution is -2.38. The molecule has 0 aromatic heterocycles. The molecule has 1 unspecified atom stereocenters. The molecule has 2 nitrogen and oxygen atoms in total. The molecule has 0 spiro atoms. The maximum absolute atomic E-state index is 5.41. The summed E-state index contributed by atoms with van der Waals surface area (Å²) in [6, 6.07) is 0. The van der Waals surface area contributed by atoms with Crippen LogP contribution in [0.2, 0.25) is 0 Å². The van der Waals surface area contributed by atoms with E-state index in [1.807, 2.05) is 0 Å². The lowest BCUT2D eigenvalue weighted by Gasteiger charge is -2.15. The first-order valence-corrected chi connectivity index (χ1v) is 3.53. The molecule has 62 valence electrons. The average Bonchev–Trinajstić information content (AvgIpc) is 2.10. The van der Waals surface area contributed by atoms with E-state index in [0.717, 1.165) is 13.0 Å². The number of halogens is 1. The number of nitrogens with one attached hydrogen (secondary N) is 1. The molecule has 0 radical (unpaired) electrons. The Morgan fingerprint density at radius 3 is 2.40 bits per heavy atom. The van der Waals surface area contributed by atoms with Gasteiger partial charge in [-0.25, -0.2) is 0 Å². The van der Waals surface area contributed by atoms with Crippen LogP contribution < -0.4 is 5.32 Å². The fourth-order valence-electron chi connectivity index (χ4n) is 1.05. The van der Waals surface area contributed by atoms with Crippen LogP contribution in [0.3, 0.4) is 0 Å². The van der Waals surface area contributed by atoms with E-state index in [9.17, 15) is 0 Å². The van der Waals surface area contributed by atoms with Crippen molar-refractivity contribution in [1.82, 2.24) is 5.32 Å². The van der Waals surface area contributed by atoms with Gasteiger partial charge in [-0.15, -0.1) is 12.4 Å². The van der Waals surface area contributed by atoms with Crippen molar-refractivity contribution in [2.24, 2.45) is 0 Å². The molecule has 0 aliphatic carbocycles. The molecule has 1 saturated heterocycles. The van der Waals surface area contributed by atoms with E-state index in [1.165, 1.54) is 0 Å². The Morgan fingerprint density at radius 1 is 1.60 bits per heavy atom. The van der Waals surface area contributed by atoms with Crippen LogP contribution in [0.15, 0.2) is 0 Å². The normalized spacial score (nSPS) is 29.7. The molecule has 1 heterocycles. The Bertz CT molecular complexity index is 106. The minimum Gasteiger partial charge on any atom is -0.361 e. The molecule has 0 saturated carbocycles. The number of hydrogen-bond donors (Lipinski definition) is 1. The average molecular weight is 166 g/mol. The van der Waals surface area contributed by atoms with Gasteiger partial charge in [0.1, 0.15) is 6.23 Å². The molecule has 1 rings (SSSR count). The highest BCUT2D eigenvalue weighted by Gasteiger charge is 2.29. The van der Waals surface area contributed by atoms with Gasteiger partial charge in [0.2, 0.25) is 0 Å². The molecule has 3 heteroatoms. The standard InChI is InChI=1S/C7H15NO.ClH/c1-4-6-8-7(2,3)5-9-6;/h6,8H,4-5H2,1-3H3;1H. The van der Waals surface area contributed by atoms with E-state index in [0.29, 0.717) is 6.23 Å². The summed E-state index contributed by atoms with van der Waals surface area (Å²) in [5.41, 5.74) is 0.195. The van der Waals surface area contributed by atoms with Crippen LogP contribution in [-0.4, -0.2) is 18.4 Å². The molecule has 10 heavy (non-hydrogen) atoms. The molecule has 0 bridgehead atoms. The van der Waals surface area contributed by atoms with Crippen LogP contribution in [0.4, 0.5) is 0 Å². The second kappa shape index (κ2) is 3.56. The monoisotopic (exact) mass is 165 g/mol. The van der Waals surface area contributed by atoms with Gasteiger partial charge in [0, 0.05) is 5.54 Å². The first-order chi connectivity index (χ1) is 4.14. The van der Waals surface area contributed by atoms with Gasteiger partial charge in [-0.2, -0.15) is 0 Å². The Kier molecular flexibility index (Phi) is 3.63. The molecular formula is C7H16ClNO. The lowest BCUT2D eigenvalue weighted by molar-refractivity contribution is 0.0956. The largest absolute Gasteiger partial charge is 0.361 e. The van der Waals surface area contributed by atoms with E-state index in [2.05, 4.69) is 26.1 Å². The zero-order valence-corrected chi connectivity index (χ0v) is 7.62. The van der Waals surface area contributed by atoms with E-state index >= 15 is 0 Å². The molecule has 1 fully saturated rings. The summed E-state index contributed by atoms with van der Waals surface area (Å²) in [6.07, 6.45) is 1.35. The van der Waals surface area contributed by atoms with E-state index in [1.54, 1.807) is 0 Å². The number of ether oxygens (including phenoxy) is 1. The van der Waals surface area contributed by atoms with Crippen molar-refractivity contribution in [3.8, 4) is 0 Å². The van der Waals surface area contributed by atoms with Gasteiger partial charge >= 0.3 is 0 Å². The highest BCUT2D eigenvalue weighted by molar-refractivity contribution is 5.85. The number of hydrogen-bond acceptors (Lipinski definition) is 2. The Hall–Kier alpha value is 0.210. The molecular weight excluding hydrogens is 150 g/mol. The van der Waals surface area contributed by atoms with Crippen molar-refractivity contribution in [2.45, 2.75) is 39.0 Å². The second-order valence-corrected chi connectivity index (χ2v) is 3.24. The van der Waals surface area contributed by atoms with Crippen LogP contribution in [0.25, 0.3) is 0 Å². The molecule has 1 aliphatic rings. The Morgan fingerprint density at radius 2 is 2.20 bits per heavy atom. The van der Waals surface area contributed by atoms with Gasteiger partial charge in [0.15, 0.2) is 0 Å². The van der Waals surface area contributed by atoms with Crippen molar-refractivity contribution in [2.75, 3.05) is 6.61 Å². The van der Waals surface area contributed by atoms with E-state index in [4.69, 9.17) is 4.74 Å². The highest BCUT2D eigenvalue weighted by atomic mass is 35.5. The summed E-state index contributed by atoms with van der Waals surface area (Å²) in [4.78, 5) is 0. The Balaban J connectivity index is 0.000000810. The molecule has 0 amide bonds. The zero-order valence-electron chi connectivity index (χ0n) is 6.81. The minimum absolute atomic E-state index is 0. The van der Waals surface area contributed by atoms with Crippen LogP contribution in [-0.2, 0) is 4.74 Å². The van der Waals surface area contributed by atoms with Crippen LogP contribution in [0.1, 0.15) is 27.2 Å². The van der Waals surface area contributed by atoms with Gasteiger partial charge in [-0.3, -0.25) is 5.32 Å². The predicted octanol–water partition coefficient (Wildman–Crippen LogP) is 1.54. The minimum atomic E-state index is 0. The summed E-state index contributed by atoms with van der Waals surface area (Å²) in [6.45, 7) is 7.27. The van der Waals surface area contributed by atoms with Crippen LogP contribution in [0, 0.1) is 0 Å². The lowest BCUT2D eigenvalue weighted by atomic mass is 10.1. The van der Waals surface area contributed by atoms with Crippen LogP contribution >= 0.6 is 12.4 Å². The topological polar surface area (TPSA) is 21.3 Å². The second-order valence-electron chi connectivity index (χ2n) is 3.24. The molecule has 1 atom stereocenters. The first kappa shape index (κ1) is 10.2. The third-order valence-electron chi connectivity index (χ3n) is 1.57.